The van der Waals surface area contributed by atoms with E-state index in [1.807, 2.05) is 57.2 Å². The maximum absolute atomic E-state index is 12.2. The number of thioether (sulfide) groups is 1. The van der Waals surface area contributed by atoms with Crippen molar-refractivity contribution in [2.75, 3.05) is 5.32 Å². The van der Waals surface area contributed by atoms with Gasteiger partial charge in [-0.05, 0) is 61.7 Å². The lowest BCUT2D eigenvalue weighted by Crippen LogP contribution is -2.28. The fraction of sp³-hybridized carbons (Fsp3) is 0.250. The van der Waals surface area contributed by atoms with Crippen molar-refractivity contribution in [2.45, 2.75) is 32.4 Å². The van der Waals surface area contributed by atoms with Crippen molar-refractivity contribution in [3.63, 3.8) is 0 Å². The highest BCUT2D eigenvalue weighted by atomic mass is 32.2. The van der Waals surface area contributed by atoms with Crippen LogP contribution in [0.3, 0.4) is 0 Å². The second-order valence-corrected chi connectivity index (χ2v) is 7.67. The molecule has 0 unspecified atom stereocenters. The third kappa shape index (κ3) is 4.73. The van der Waals surface area contributed by atoms with Gasteiger partial charge in [0.25, 0.3) is 0 Å². The largest absolute Gasteiger partial charge is 0.326 e. The topological polar surface area (TPSA) is 70.6 Å². The molecule has 0 saturated carbocycles. The average Bonchev–Trinajstić information content (AvgIpc) is 2.85. The lowest BCUT2D eigenvalue weighted by molar-refractivity contribution is -0.122. The highest BCUT2D eigenvalue weighted by molar-refractivity contribution is 8.15. The van der Waals surface area contributed by atoms with Gasteiger partial charge in [0.1, 0.15) is 5.25 Å². The maximum Gasteiger partial charge on any atom is 0.240 e. The van der Waals surface area contributed by atoms with E-state index in [-0.39, 0.29) is 18.2 Å². The standard InChI is InChI=1S/C20H21N3O2S/c1-12-5-4-6-15(8-12)21-18(24)11-17-19(25)23-20(26-17)22-16-9-13(2)7-14(3)10-16/h4-10,17H,11H2,1-3H3,(H,21,24)(H,22,23,25)/t17-/m1/s1. The Morgan fingerprint density at radius 3 is 2.54 bits per heavy atom. The normalized spacial score (nSPS) is 18.0. The van der Waals surface area contributed by atoms with Crippen LogP contribution in [0.2, 0.25) is 0 Å². The highest BCUT2D eigenvalue weighted by Crippen LogP contribution is 2.26. The number of aryl methyl sites for hydroxylation is 3. The Bertz CT molecular complexity index is 872. The molecular formula is C20H21N3O2S. The molecule has 5 nitrogen and oxygen atoms in total. The summed E-state index contributed by atoms with van der Waals surface area (Å²) in [5, 5.41) is 5.67. The van der Waals surface area contributed by atoms with Crippen LogP contribution in [0.15, 0.2) is 47.5 Å². The van der Waals surface area contributed by atoms with Gasteiger partial charge >= 0.3 is 0 Å². The quantitative estimate of drug-likeness (QED) is 0.862. The maximum atomic E-state index is 12.2. The molecule has 2 amide bonds. The number of amidine groups is 1. The molecule has 1 heterocycles. The summed E-state index contributed by atoms with van der Waals surface area (Å²) in [6.07, 6.45) is 0.107. The molecule has 2 aromatic carbocycles. The molecule has 1 fully saturated rings. The van der Waals surface area contributed by atoms with Crippen molar-refractivity contribution < 1.29 is 9.59 Å². The van der Waals surface area contributed by atoms with Gasteiger partial charge in [-0.3, -0.25) is 9.59 Å². The van der Waals surface area contributed by atoms with Gasteiger partial charge in [0.2, 0.25) is 11.8 Å². The summed E-state index contributed by atoms with van der Waals surface area (Å²) >= 11 is 1.30. The molecule has 1 atom stereocenters. The molecule has 0 aromatic heterocycles. The monoisotopic (exact) mass is 367 g/mol. The van der Waals surface area contributed by atoms with E-state index in [9.17, 15) is 9.59 Å². The minimum atomic E-state index is -0.468. The number of carbonyl (C=O) groups excluding carboxylic acids is 2. The summed E-state index contributed by atoms with van der Waals surface area (Å²) in [6, 6.07) is 13.6. The Labute approximate surface area is 157 Å². The van der Waals surface area contributed by atoms with Gasteiger partial charge in [0.05, 0.1) is 5.69 Å². The predicted molar refractivity (Wildman–Crippen MR) is 107 cm³/mol. The lowest BCUT2D eigenvalue weighted by Gasteiger charge is -2.08. The Kier molecular flexibility index (Phi) is 5.42. The van der Waals surface area contributed by atoms with Gasteiger partial charge in [-0.1, -0.05) is 30.0 Å². The van der Waals surface area contributed by atoms with Crippen LogP contribution in [0.4, 0.5) is 11.4 Å². The van der Waals surface area contributed by atoms with Gasteiger partial charge < -0.3 is 10.6 Å². The number of nitrogens with one attached hydrogen (secondary N) is 2. The Morgan fingerprint density at radius 1 is 1.12 bits per heavy atom. The molecular weight excluding hydrogens is 346 g/mol. The van der Waals surface area contributed by atoms with Crippen LogP contribution in [0.1, 0.15) is 23.1 Å². The summed E-state index contributed by atoms with van der Waals surface area (Å²) in [7, 11) is 0. The summed E-state index contributed by atoms with van der Waals surface area (Å²) in [5.74, 6) is -0.367. The second kappa shape index (κ2) is 7.74. The molecule has 1 aliphatic heterocycles. The zero-order valence-corrected chi connectivity index (χ0v) is 15.8. The lowest BCUT2D eigenvalue weighted by atomic mass is 10.1. The highest BCUT2D eigenvalue weighted by Gasteiger charge is 2.32. The summed E-state index contributed by atoms with van der Waals surface area (Å²) < 4.78 is 0. The molecule has 0 spiro atoms. The molecule has 0 aliphatic carbocycles. The molecule has 134 valence electrons. The molecule has 26 heavy (non-hydrogen) atoms. The van der Waals surface area contributed by atoms with E-state index in [0.717, 1.165) is 28.1 Å². The number of aliphatic imine (C=N–C) groups is 1. The summed E-state index contributed by atoms with van der Waals surface area (Å²) in [6.45, 7) is 5.98. The molecule has 3 rings (SSSR count). The van der Waals surface area contributed by atoms with Crippen molar-refractivity contribution in [2.24, 2.45) is 4.99 Å². The third-order valence-electron chi connectivity index (χ3n) is 3.89. The van der Waals surface area contributed by atoms with E-state index >= 15 is 0 Å². The second-order valence-electron chi connectivity index (χ2n) is 6.48. The van der Waals surface area contributed by atoms with E-state index in [1.165, 1.54) is 11.8 Å². The van der Waals surface area contributed by atoms with Crippen molar-refractivity contribution in [1.29, 1.82) is 0 Å². The fourth-order valence-electron chi connectivity index (χ4n) is 2.83. The third-order valence-corrected chi connectivity index (χ3v) is 4.97. The van der Waals surface area contributed by atoms with Gasteiger partial charge in [-0.25, -0.2) is 4.99 Å². The predicted octanol–water partition coefficient (Wildman–Crippen LogP) is 3.86. The SMILES string of the molecule is Cc1cc(C)cc(N=C2NC(=O)[C@@H](CC(=O)Nc3cccc(C)c3)S2)c1. The molecule has 1 saturated heterocycles. The van der Waals surface area contributed by atoms with Crippen molar-refractivity contribution in [3.05, 3.63) is 59.2 Å². The fourth-order valence-corrected chi connectivity index (χ4v) is 3.82. The van der Waals surface area contributed by atoms with Gasteiger partial charge in [-0.15, -0.1) is 0 Å². The number of amides is 2. The minimum Gasteiger partial charge on any atom is -0.326 e. The number of rotatable bonds is 4. The number of anilines is 1. The van der Waals surface area contributed by atoms with E-state index in [1.54, 1.807) is 0 Å². The molecule has 1 aliphatic rings. The van der Waals surface area contributed by atoms with Crippen LogP contribution < -0.4 is 10.6 Å². The molecule has 2 N–H and O–H groups in total. The van der Waals surface area contributed by atoms with Crippen molar-refractivity contribution in [1.82, 2.24) is 5.32 Å². The first-order valence-corrected chi connectivity index (χ1v) is 9.28. The zero-order valence-electron chi connectivity index (χ0n) is 15.0. The Balaban J connectivity index is 1.64. The summed E-state index contributed by atoms with van der Waals surface area (Å²) in [4.78, 5) is 28.9. The first-order valence-electron chi connectivity index (χ1n) is 8.40. The first-order chi connectivity index (χ1) is 12.4. The van der Waals surface area contributed by atoms with Crippen LogP contribution in [-0.2, 0) is 9.59 Å². The van der Waals surface area contributed by atoms with Crippen LogP contribution in [0.5, 0.6) is 0 Å². The van der Waals surface area contributed by atoms with E-state index < -0.39 is 5.25 Å². The van der Waals surface area contributed by atoms with Gasteiger partial charge in [0, 0.05) is 12.1 Å². The van der Waals surface area contributed by atoms with Crippen LogP contribution in [0.25, 0.3) is 0 Å². The molecule has 2 aromatic rings. The summed E-state index contributed by atoms with van der Waals surface area (Å²) in [5.41, 5.74) is 4.84. The minimum absolute atomic E-state index is 0.107. The number of hydrogen-bond acceptors (Lipinski definition) is 4. The van der Waals surface area contributed by atoms with E-state index in [0.29, 0.717) is 5.17 Å². The van der Waals surface area contributed by atoms with Gasteiger partial charge in [0.15, 0.2) is 5.17 Å². The number of benzene rings is 2. The number of carbonyl (C=O) groups is 2. The molecule has 0 bridgehead atoms. The van der Waals surface area contributed by atoms with Crippen LogP contribution in [0, 0.1) is 20.8 Å². The zero-order chi connectivity index (χ0) is 18.7. The van der Waals surface area contributed by atoms with Crippen LogP contribution >= 0.6 is 11.8 Å². The molecule has 0 radical (unpaired) electrons. The smallest absolute Gasteiger partial charge is 0.240 e. The number of nitrogens with zero attached hydrogens (tertiary/aromatic N) is 1. The number of hydrogen-bond donors (Lipinski definition) is 2. The van der Waals surface area contributed by atoms with Gasteiger partial charge in [-0.2, -0.15) is 0 Å². The van der Waals surface area contributed by atoms with Crippen molar-refractivity contribution in [3.8, 4) is 0 Å². The Hall–Kier alpha value is -2.60. The average molecular weight is 367 g/mol. The first kappa shape index (κ1) is 18.2. The van der Waals surface area contributed by atoms with E-state index in [4.69, 9.17) is 0 Å². The molecule has 6 heteroatoms. The Morgan fingerprint density at radius 2 is 1.85 bits per heavy atom. The van der Waals surface area contributed by atoms with Crippen molar-refractivity contribution >= 4 is 40.1 Å². The van der Waals surface area contributed by atoms with Crippen LogP contribution in [-0.4, -0.2) is 22.2 Å². The van der Waals surface area contributed by atoms with E-state index in [2.05, 4.69) is 21.7 Å².